The van der Waals surface area contributed by atoms with E-state index in [9.17, 15) is 14.3 Å². The first kappa shape index (κ1) is 41.9. The molecule has 7 rings (SSSR count). The first-order valence-electron chi connectivity index (χ1n) is 22.8. The van der Waals surface area contributed by atoms with E-state index < -0.39 is 23.7 Å². The number of esters is 1. The Hall–Kier alpha value is -2.24. The zero-order valence-electron chi connectivity index (χ0n) is 36.5. The topological polar surface area (TPSA) is 58.6 Å². The summed E-state index contributed by atoms with van der Waals surface area (Å²) in [6.07, 6.45) is 20.1. The van der Waals surface area contributed by atoms with E-state index in [1.807, 2.05) is 30.3 Å². The second-order valence-electron chi connectivity index (χ2n) is 21.4. The molecule has 1 aromatic carbocycles. The van der Waals surface area contributed by atoms with Crippen LogP contribution in [0.3, 0.4) is 0 Å². The Labute approximate surface area is 340 Å². The third kappa shape index (κ3) is 6.54. The number of nitrogens with one attached hydrogen (secondary N) is 1. The molecule has 4 saturated carbocycles. The molecule has 4 nitrogen and oxygen atoms in total. The summed E-state index contributed by atoms with van der Waals surface area (Å²) in [6, 6.07) is 9.69. The Morgan fingerprint density at radius 1 is 0.911 bits per heavy atom. The number of fused-ring (bicyclic) bond motifs is 7. The summed E-state index contributed by atoms with van der Waals surface area (Å²) in [5.74, 6) is 2.70. The first-order valence-corrected chi connectivity index (χ1v) is 22.8. The highest BCUT2D eigenvalue weighted by Gasteiger charge is 2.70. The number of allylic oxidation sites excluding steroid dienone is 5. The molecule has 0 unspecified atom stereocenters. The Morgan fingerprint density at radius 3 is 2.29 bits per heavy atom. The molecule has 6 aliphatic rings. The summed E-state index contributed by atoms with van der Waals surface area (Å²) in [7, 11) is 0. The van der Waals surface area contributed by atoms with Gasteiger partial charge in [-0.2, -0.15) is 0 Å². The predicted octanol–water partition coefficient (Wildman–Crippen LogP) is 12.3. The predicted molar refractivity (Wildman–Crippen MR) is 227 cm³/mol. The van der Waals surface area contributed by atoms with Gasteiger partial charge in [-0.05, 0) is 178 Å². The lowest BCUT2D eigenvalue weighted by Crippen LogP contribution is -2.68. The second kappa shape index (κ2) is 15.1. The van der Waals surface area contributed by atoms with Crippen molar-refractivity contribution in [3.63, 3.8) is 0 Å². The van der Waals surface area contributed by atoms with Crippen molar-refractivity contribution < 1.29 is 19.0 Å². The lowest BCUT2D eigenvalue weighted by atomic mass is 9.33. The molecule has 0 spiro atoms. The normalized spacial score (nSPS) is 40.3. The van der Waals surface area contributed by atoms with Gasteiger partial charge in [0.2, 0.25) is 0 Å². The van der Waals surface area contributed by atoms with Gasteiger partial charge in [0.05, 0.1) is 11.0 Å². The van der Waals surface area contributed by atoms with E-state index in [0.29, 0.717) is 42.4 Å². The van der Waals surface area contributed by atoms with Crippen LogP contribution in [0.5, 0.6) is 0 Å². The van der Waals surface area contributed by atoms with Gasteiger partial charge in [0.1, 0.15) is 13.3 Å². The number of alkyl halides is 1. The molecular weight excluding hydrogens is 694 g/mol. The van der Waals surface area contributed by atoms with Gasteiger partial charge in [-0.3, -0.25) is 4.79 Å². The SMILES string of the molecule is C=C(C)[C@@H]1CC[C@]2(NCCC(O)(CC)CC)CC[C@]3(C)[C@H](CC[C@@H]4[C@@]5(C)CC=C(C6=CC[C@](CF)(C(=O)OCc7ccccc7)CC6)C(C)(C)[C@@H]5CC[C@]43C)[C@@H]12. The van der Waals surface area contributed by atoms with Crippen LogP contribution >= 0.6 is 0 Å². The molecule has 0 heterocycles. The van der Waals surface area contributed by atoms with Gasteiger partial charge in [-0.15, -0.1) is 0 Å². The molecule has 0 radical (unpaired) electrons. The van der Waals surface area contributed by atoms with E-state index in [4.69, 9.17) is 4.74 Å². The minimum atomic E-state index is -1.09. The zero-order valence-corrected chi connectivity index (χ0v) is 36.5. The van der Waals surface area contributed by atoms with Gasteiger partial charge in [-0.25, -0.2) is 4.39 Å². The Balaban J connectivity index is 1.11. The minimum Gasteiger partial charge on any atom is -0.460 e. The van der Waals surface area contributed by atoms with E-state index in [1.54, 1.807) is 0 Å². The molecule has 310 valence electrons. The van der Waals surface area contributed by atoms with Crippen LogP contribution in [0.25, 0.3) is 0 Å². The quantitative estimate of drug-likeness (QED) is 0.164. The van der Waals surface area contributed by atoms with Crippen molar-refractivity contribution in [2.75, 3.05) is 13.2 Å². The number of carbonyl (C=O) groups is 1. The van der Waals surface area contributed by atoms with Crippen LogP contribution in [-0.4, -0.2) is 35.4 Å². The highest BCUT2D eigenvalue weighted by atomic mass is 19.1. The fourth-order valence-electron chi connectivity index (χ4n) is 15.1. The van der Waals surface area contributed by atoms with Crippen molar-refractivity contribution in [2.45, 2.75) is 169 Å². The average Bonchev–Trinajstić information content (AvgIpc) is 3.57. The molecule has 2 N–H and O–H groups in total. The van der Waals surface area contributed by atoms with Crippen molar-refractivity contribution in [1.29, 1.82) is 0 Å². The zero-order chi connectivity index (χ0) is 40.4. The molecular formula is C51H76FNO3. The van der Waals surface area contributed by atoms with Crippen molar-refractivity contribution in [3.05, 3.63) is 71.3 Å². The molecule has 0 saturated heterocycles. The Morgan fingerprint density at radius 2 is 1.64 bits per heavy atom. The van der Waals surface area contributed by atoms with Crippen LogP contribution in [0.2, 0.25) is 0 Å². The third-order valence-corrected chi connectivity index (χ3v) is 18.9. The summed E-state index contributed by atoms with van der Waals surface area (Å²) in [5.41, 5.74) is 4.35. The van der Waals surface area contributed by atoms with Crippen molar-refractivity contribution in [1.82, 2.24) is 5.32 Å². The van der Waals surface area contributed by atoms with E-state index in [0.717, 1.165) is 44.2 Å². The van der Waals surface area contributed by atoms with Crippen LogP contribution in [0.15, 0.2) is 65.8 Å². The standard InChI is InChI=1S/C51H76FNO3/c1-10-50(55,11-2)31-32-53-51-28-21-38(35(3)4)43(51)40-17-18-42-46(7)24-22-39(45(5,6)41(46)23-25-48(42,9)47(40,8)29-30-51)37-19-26-49(34-52,27-20-37)44(54)56-33-36-15-13-12-14-16-36/h12-16,19,22,38,40-43,53,55H,3,10-11,17-18,20-21,23-34H2,1-2,4-9H3/t38-,40+,41-,42+,43+,46-,47+,48+,49-,51-/m0/s1. The number of halogens is 1. The van der Waals surface area contributed by atoms with Gasteiger partial charge in [-0.1, -0.05) is 103 Å². The number of rotatable bonds is 12. The van der Waals surface area contributed by atoms with Crippen LogP contribution in [-0.2, 0) is 16.1 Å². The Bertz CT molecular complexity index is 1690. The molecule has 1 aromatic rings. The summed E-state index contributed by atoms with van der Waals surface area (Å²) in [4.78, 5) is 13.4. The molecule has 0 bridgehead atoms. The molecule has 4 fully saturated rings. The van der Waals surface area contributed by atoms with Crippen LogP contribution in [0.1, 0.15) is 157 Å². The van der Waals surface area contributed by atoms with Gasteiger partial charge >= 0.3 is 5.97 Å². The molecule has 10 atom stereocenters. The number of carbonyl (C=O) groups excluding carboxylic acids is 1. The van der Waals surface area contributed by atoms with E-state index in [-0.39, 0.29) is 33.8 Å². The summed E-state index contributed by atoms with van der Waals surface area (Å²) < 4.78 is 20.5. The molecule has 5 heteroatoms. The smallest absolute Gasteiger partial charge is 0.315 e. The number of benzene rings is 1. The van der Waals surface area contributed by atoms with E-state index in [1.165, 1.54) is 68.1 Å². The number of aliphatic hydroxyl groups is 1. The summed E-state index contributed by atoms with van der Waals surface area (Å²) >= 11 is 0. The van der Waals surface area contributed by atoms with Crippen molar-refractivity contribution >= 4 is 5.97 Å². The average molecular weight is 770 g/mol. The van der Waals surface area contributed by atoms with Crippen LogP contribution in [0.4, 0.5) is 4.39 Å². The largest absolute Gasteiger partial charge is 0.460 e. The maximum Gasteiger partial charge on any atom is 0.315 e. The third-order valence-electron chi connectivity index (χ3n) is 18.9. The number of hydrogen-bond donors (Lipinski definition) is 2. The summed E-state index contributed by atoms with van der Waals surface area (Å²) in [6.45, 7) is 24.7. The van der Waals surface area contributed by atoms with E-state index in [2.05, 4.69) is 79.4 Å². The lowest BCUT2D eigenvalue weighted by molar-refractivity contribution is -0.221. The van der Waals surface area contributed by atoms with Gasteiger partial charge in [0, 0.05) is 5.54 Å². The fourth-order valence-corrected chi connectivity index (χ4v) is 15.1. The van der Waals surface area contributed by atoms with E-state index >= 15 is 0 Å². The van der Waals surface area contributed by atoms with Crippen LogP contribution in [0, 0.1) is 56.7 Å². The summed E-state index contributed by atoms with van der Waals surface area (Å²) in [5, 5.41) is 15.4. The maximum absolute atomic E-state index is 14.8. The number of ether oxygens (including phenoxy) is 1. The Kier molecular flexibility index (Phi) is 11.3. The monoisotopic (exact) mass is 770 g/mol. The highest BCUT2D eigenvalue weighted by molar-refractivity contribution is 5.78. The van der Waals surface area contributed by atoms with Crippen molar-refractivity contribution in [3.8, 4) is 0 Å². The molecule has 0 amide bonds. The molecule has 0 aliphatic heterocycles. The lowest BCUT2D eigenvalue weighted by Gasteiger charge is -2.72. The molecule has 0 aromatic heterocycles. The van der Waals surface area contributed by atoms with Crippen LogP contribution < -0.4 is 5.32 Å². The first-order chi connectivity index (χ1) is 26.5. The maximum atomic E-state index is 14.8. The van der Waals surface area contributed by atoms with Crippen molar-refractivity contribution in [2.24, 2.45) is 56.7 Å². The highest BCUT2D eigenvalue weighted by Crippen LogP contribution is 2.76. The molecule has 56 heavy (non-hydrogen) atoms. The fraction of sp³-hybridized carbons (Fsp3) is 0.745. The number of hydrogen-bond acceptors (Lipinski definition) is 4. The van der Waals surface area contributed by atoms with Gasteiger partial charge < -0.3 is 15.2 Å². The second-order valence-corrected chi connectivity index (χ2v) is 21.4. The van der Waals surface area contributed by atoms with Gasteiger partial charge in [0.25, 0.3) is 0 Å². The van der Waals surface area contributed by atoms with Gasteiger partial charge in [0.15, 0.2) is 0 Å². The molecule has 6 aliphatic carbocycles. The minimum absolute atomic E-state index is 0.00247.